The van der Waals surface area contributed by atoms with Crippen molar-refractivity contribution in [2.45, 2.75) is 19.8 Å². The van der Waals surface area contributed by atoms with Crippen molar-refractivity contribution in [3.8, 4) is 5.75 Å². The maximum atomic E-state index is 11.5. The maximum absolute atomic E-state index is 11.5. The van der Waals surface area contributed by atoms with Gasteiger partial charge in [0.25, 0.3) is 0 Å². The Bertz CT molecular complexity index is 866. The summed E-state index contributed by atoms with van der Waals surface area (Å²) in [4.78, 5) is 18.2. The molecule has 1 fully saturated rings. The van der Waals surface area contributed by atoms with Crippen LogP contribution >= 0.6 is 0 Å². The number of piperidine rings is 1. The highest BCUT2D eigenvalue weighted by Gasteiger charge is 2.37. The normalized spacial score (nSPS) is 16.5. The molecule has 0 saturated carbocycles. The van der Waals surface area contributed by atoms with Gasteiger partial charge in [-0.25, -0.2) is 9.99 Å². The third-order valence-corrected chi connectivity index (χ3v) is 5.55. The Balaban J connectivity index is 1.42. The smallest absolute Gasteiger partial charge is 0.132 e. The van der Waals surface area contributed by atoms with Crippen molar-refractivity contribution >= 4 is 22.9 Å². The van der Waals surface area contributed by atoms with Crippen LogP contribution in [-0.4, -0.2) is 48.8 Å². The first-order valence-corrected chi connectivity index (χ1v) is 9.60. The lowest BCUT2D eigenvalue weighted by Gasteiger charge is -2.31. The van der Waals surface area contributed by atoms with E-state index in [1.165, 1.54) is 5.12 Å². The molecule has 1 N–H and O–H groups in total. The number of hydrazine groups is 1. The largest absolute Gasteiger partial charge is 0.497 e. The minimum Gasteiger partial charge on any atom is -0.497 e. The summed E-state index contributed by atoms with van der Waals surface area (Å²) in [7, 11) is 3.79. The van der Waals surface area contributed by atoms with Gasteiger partial charge >= 0.3 is 0 Å². The van der Waals surface area contributed by atoms with E-state index in [0.29, 0.717) is 12.5 Å². The molecule has 3 heterocycles. The quantitative estimate of drug-likeness (QED) is 0.443. The Morgan fingerprint density at radius 3 is 2.75 bits per heavy atom. The van der Waals surface area contributed by atoms with Crippen LogP contribution in [-0.2, 0) is 0 Å². The van der Waals surface area contributed by atoms with Crippen molar-refractivity contribution in [2.24, 2.45) is 11.2 Å². The first-order valence-electron chi connectivity index (χ1n) is 9.60. The maximum Gasteiger partial charge on any atom is 0.132 e. The second kappa shape index (κ2) is 7.63. The van der Waals surface area contributed by atoms with Gasteiger partial charge in [-0.1, -0.05) is 0 Å². The fraction of sp³-hybridized carbons (Fsp3) is 0.450. The highest BCUT2D eigenvalue weighted by Crippen LogP contribution is 2.50. The molecule has 8 nitrogen and oxygen atoms in total. The van der Waals surface area contributed by atoms with Crippen molar-refractivity contribution in [1.29, 1.82) is 0 Å². The number of ether oxygens (including phenoxy) is 1. The molecule has 0 bridgehead atoms. The predicted octanol–water partition coefficient (Wildman–Crippen LogP) is 3.83. The van der Waals surface area contributed by atoms with E-state index in [-0.39, 0.29) is 0 Å². The van der Waals surface area contributed by atoms with Crippen LogP contribution in [0.1, 0.15) is 18.4 Å². The van der Waals surface area contributed by atoms with Gasteiger partial charge in [0.15, 0.2) is 0 Å². The minimum atomic E-state index is 0.484. The number of pyridine rings is 1. The Kier molecular flexibility index (Phi) is 5.04. The highest BCUT2D eigenvalue weighted by atomic mass is 16.5. The Hall–Kier alpha value is -2.87. The van der Waals surface area contributed by atoms with Gasteiger partial charge in [0.05, 0.1) is 30.8 Å². The van der Waals surface area contributed by atoms with Crippen molar-refractivity contribution in [1.82, 2.24) is 15.0 Å². The van der Waals surface area contributed by atoms with Gasteiger partial charge < -0.3 is 15.0 Å². The van der Waals surface area contributed by atoms with Crippen LogP contribution in [0.4, 0.5) is 22.9 Å². The summed E-state index contributed by atoms with van der Waals surface area (Å²) in [5.74, 6) is 2.04. The van der Waals surface area contributed by atoms with Gasteiger partial charge in [0, 0.05) is 11.8 Å². The summed E-state index contributed by atoms with van der Waals surface area (Å²) >= 11 is 0. The molecule has 0 aliphatic carbocycles. The summed E-state index contributed by atoms with van der Waals surface area (Å²) < 4.78 is 5.25. The van der Waals surface area contributed by atoms with E-state index in [1.807, 2.05) is 36.2 Å². The van der Waals surface area contributed by atoms with Gasteiger partial charge in [-0.15, -0.1) is 4.91 Å². The van der Waals surface area contributed by atoms with E-state index in [9.17, 15) is 4.91 Å². The number of aromatic nitrogens is 1. The summed E-state index contributed by atoms with van der Waals surface area (Å²) in [5, 5.41) is 9.98. The average molecular weight is 382 g/mol. The van der Waals surface area contributed by atoms with Crippen LogP contribution in [0.3, 0.4) is 0 Å². The second-order valence-corrected chi connectivity index (χ2v) is 7.56. The molecule has 28 heavy (non-hydrogen) atoms. The first kappa shape index (κ1) is 18.5. The molecular weight excluding hydrogens is 356 g/mol. The third kappa shape index (κ3) is 3.73. The lowest BCUT2D eigenvalue weighted by atomic mass is 9.97. The molecule has 0 spiro atoms. The van der Waals surface area contributed by atoms with Crippen LogP contribution in [0.5, 0.6) is 5.75 Å². The number of anilines is 4. The fourth-order valence-electron chi connectivity index (χ4n) is 3.72. The van der Waals surface area contributed by atoms with Crippen LogP contribution < -0.4 is 15.1 Å². The van der Waals surface area contributed by atoms with Gasteiger partial charge in [-0.3, -0.25) is 0 Å². The van der Waals surface area contributed by atoms with Crippen LogP contribution in [0.15, 0.2) is 35.7 Å². The molecule has 2 aromatic rings. The van der Waals surface area contributed by atoms with Crippen molar-refractivity contribution in [2.75, 3.05) is 44.1 Å². The minimum absolute atomic E-state index is 0.484. The zero-order valence-corrected chi connectivity index (χ0v) is 16.6. The van der Waals surface area contributed by atoms with Crippen molar-refractivity contribution in [3.63, 3.8) is 0 Å². The van der Waals surface area contributed by atoms with Gasteiger partial charge in [0.1, 0.15) is 17.3 Å². The second-order valence-electron chi connectivity index (χ2n) is 7.56. The highest BCUT2D eigenvalue weighted by molar-refractivity contribution is 5.93. The van der Waals surface area contributed by atoms with Crippen molar-refractivity contribution < 1.29 is 4.74 Å². The van der Waals surface area contributed by atoms with Gasteiger partial charge in [-0.2, -0.15) is 5.12 Å². The standard InChI is InChI=1S/C20H26N6O2/c1-14-10-16(28-3)4-5-17(14)22-20-11-18-19(12-21-20)26(18)25(23-27)13-15-6-8-24(2)9-7-15/h4-5,10-12,15H,6-9,13H2,1-3H3,(H,21,22). The number of methoxy groups -OCH3 is 1. The fourth-order valence-corrected chi connectivity index (χ4v) is 3.72. The summed E-state index contributed by atoms with van der Waals surface area (Å²) in [5.41, 5.74) is 3.94. The van der Waals surface area contributed by atoms with E-state index < -0.39 is 0 Å². The number of aryl methyl sites for hydroxylation is 1. The number of nitrogens with zero attached hydrogens (tertiary/aromatic N) is 5. The number of fused-ring (bicyclic) bond motifs is 1. The molecule has 1 aromatic carbocycles. The number of benzene rings is 1. The number of likely N-dealkylation sites (tertiary alicyclic amines) is 1. The summed E-state index contributed by atoms with van der Waals surface area (Å²) in [6, 6.07) is 7.81. The van der Waals surface area contributed by atoms with Gasteiger partial charge in [0.2, 0.25) is 0 Å². The molecule has 2 aliphatic heterocycles. The molecule has 0 atom stereocenters. The van der Waals surface area contributed by atoms with Crippen LogP contribution in [0.25, 0.3) is 0 Å². The molecule has 0 radical (unpaired) electrons. The Morgan fingerprint density at radius 1 is 1.29 bits per heavy atom. The average Bonchev–Trinajstić information content (AvgIpc) is 3.42. The molecule has 8 heteroatoms. The van der Waals surface area contributed by atoms with E-state index in [2.05, 4.69) is 27.5 Å². The Labute approximate surface area is 165 Å². The number of hydrogen-bond acceptors (Lipinski definition) is 7. The topological polar surface area (TPSA) is 73.1 Å². The monoisotopic (exact) mass is 382 g/mol. The molecule has 2 aliphatic rings. The number of nitrogens with one attached hydrogen (secondary N) is 1. The molecular formula is C20H26N6O2. The molecule has 0 unspecified atom stereocenters. The SMILES string of the molecule is COc1ccc(Nc2cc3c(cn2)N3N(CC2CCN(C)CC2)N=O)c(C)c1. The van der Waals surface area contributed by atoms with E-state index in [4.69, 9.17) is 4.74 Å². The van der Waals surface area contributed by atoms with Gasteiger partial charge in [-0.05, 0) is 69.6 Å². The van der Waals surface area contributed by atoms with Crippen LogP contribution in [0.2, 0.25) is 0 Å². The molecule has 1 saturated heterocycles. The number of nitroso groups, excluding NO2 is 1. The third-order valence-electron chi connectivity index (χ3n) is 5.55. The number of rotatable bonds is 7. The molecule has 1 aromatic heterocycles. The number of hydrogen-bond donors (Lipinski definition) is 1. The molecule has 0 amide bonds. The van der Waals surface area contributed by atoms with E-state index >= 15 is 0 Å². The Morgan fingerprint density at radius 2 is 2.07 bits per heavy atom. The zero-order valence-electron chi connectivity index (χ0n) is 16.6. The lowest BCUT2D eigenvalue weighted by molar-refractivity contribution is 0.168. The van der Waals surface area contributed by atoms with Crippen LogP contribution in [0, 0.1) is 17.7 Å². The van der Waals surface area contributed by atoms with E-state index in [1.54, 1.807) is 13.3 Å². The molecule has 148 valence electrons. The summed E-state index contributed by atoms with van der Waals surface area (Å²) in [6.45, 7) is 4.81. The molecule has 4 rings (SSSR count). The predicted molar refractivity (Wildman–Crippen MR) is 110 cm³/mol. The van der Waals surface area contributed by atoms with Crippen molar-refractivity contribution in [3.05, 3.63) is 40.9 Å². The summed E-state index contributed by atoms with van der Waals surface area (Å²) in [6.07, 6.45) is 3.96. The van der Waals surface area contributed by atoms with E-state index in [0.717, 1.165) is 60.1 Å². The first-order chi connectivity index (χ1) is 13.6. The lowest BCUT2D eigenvalue weighted by Crippen LogP contribution is -2.37. The zero-order chi connectivity index (χ0) is 19.7.